The molecule has 6 nitrogen and oxygen atoms in total. The second-order valence-corrected chi connectivity index (χ2v) is 8.06. The summed E-state index contributed by atoms with van der Waals surface area (Å²) in [7, 11) is 0. The number of amides is 2. The molecular weight excluding hydrogens is 376 g/mol. The predicted molar refractivity (Wildman–Crippen MR) is 120 cm³/mol. The molecule has 1 heterocycles. The minimum absolute atomic E-state index is 0.0394. The molecule has 4 N–H and O–H groups in total. The number of piperazine rings is 1. The highest BCUT2D eigenvalue weighted by Gasteiger charge is 2.32. The maximum absolute atomic E-state index is 13.0. The summed E-state index contributed by atoms with van der Waals surface area (Å²) in [5.41, 5.74) is 2.96. The van der Waals surface area contributed by atoms with Crippen LogP contribution in [0.2, 0.25) is 0 Å². The quantitative estimate of drug-likeness (QED) is 0.495. The van der Waals surface area contributed by atoms with Crippen LogP contribution in [0.3, 0.4) is 0 Å². The number of para-hydroxylation sites is 1. The lowest BCUT2D eigenvalue weighted by Crippen LogP contribution is -3.30. The molecule has 3 rings (SSSR count). The average molecular weight is 411 g/mol. The van der Waals surface area contributed by atoms with Crippen molar-refractivity contribution in [3.05, 3.63) is 54.6 Å². The highest BCUT2D eigenvalue weighted by Crippen LogP contribution is 2.27. The van der Waals surface area contributed by atoms with Gasteiger partial charge >= 0.3 is 0 Å². The van der Waals surface area contributed by atoms with Gasteiger partial charge in [0, 0.05) is 17.8 Å². The zero-order valence-electron chi connectivity index (χ0n) is 18.0. The maximum atomic E-state index is 13.0. The van der Waals surface area contributed by atoms with Crippen molar-refractivity contribution in [1.29, 1.82) is 0 Å². The van der Waals surface area contributed by atoms with E-state index in [1.54, 1.807) is 0 Å². The summed E-state index contributed by atoms with van der Waals surface area (Å²) in [5, 5.41) is 6.09. The Labute approximate surface area is 179 Å². The Balaban J connectivity index is 1.55. The van der Waals surface area contributed by atoms with Crippen LogP contribution in [-0.4, -0.2) is 57.1 Å². The van der Waals surface area contributed by atoms with E-state index in [0.717, 1.165) is 56.0 Å². The lowest BCUT2D eigenvalue weighted by Gasteiger charge is -2.32. The Morgan fingerprint density at radius 3 is 2.33 bits per heavy atom. The van der Waals surface area contributed by atoms with E-state index in [4.69, 9.17) is 0 Å². The van der Waals surface area contributed by atoms with Crippen molar-refractivity contribution in [1.82, 2.24) is 5.32 Å². The molecule has 6 heteroatoms. The topological polar surface area (TPSA) is 67.1 Å². The second kappa shape index (κ2) is 10.9. The van der Waals surface area contributed by atoms with Crippen LogP contribution >= 0.6 is 0 Å². The Morgan fingerprint density at radius 1 is 0.967 bits per heavy atom. The van der Waals surface area contributed by atoms with Crippen molar-refractivity contribution in [3.8, 4) is 11.1 Å². The molecule has 1 aliphatic heterocycles. The van der Waals surface area contributed by atoms with E-state index in [1.807, 2.05) is 49.4 Å². The first-order valence-corrected chi connectivity index (χ1v) is 11.0. The molecule has 0 aromatic heterocycles. The van der Waals surface area contributed by atoms with E-state index in [0.29, 0.717) is 6.54 Å². The number of benzene rings is 2. The second-order valence-electron chi connectivity index (χ2n) is 8.06. The zero-order chi connectivity index (χ0) is 21.3. The van der Waals surface area contributed by atoms with Crippen molar-refractivity contribution in [2.75, 3.05) is 44.6 Å². The molecule has 30 heavy (non-hydrogen) atoms. The van der Waals surface area contributed by atoms with Crippen LogP contribution in [-0.2, 0) is 9.59 Å². The van der Waals surface area contributed by atoms with Crippen molar-refractivity contribution in [2.24, 2.45) is 0 Å². The van der Waals surface area contributed by atoms with E-state index in [2.05, 4.69) is 29.7 Å². The molecule has 0 saturated carbocycles. The first-order chi connectivity index (χ1) is 14.6. The van der Waals surface area contributed by atoms with Gasteiger partial charge in [-0.1, -0.05) is 55.5 Å². The van der Waals surface area contributed by atoms with E-state index in [-0.39, 0.29) is 17.9 Å². The number of hydrogen-bond acceptors (Lipinski definition) is 2. The fourth-order valence-corrected chi connectivity index (χ4v) is 3.98. The van der Waals surface area contributed by atoms with Gasteiger partial charge in [-0.3, -0.25) is 9.59 Å². The number of hydrogen-bond donors (Lipinski definition) is 4. The van der Waals surface area contributed by atoms with Crippen LogP contribution < -0.4 is 20.4 Å². The van der Waals surface area contributed by atoms with Crippen molar-refractivity contribution in [2.45, 2.75) is 26.3 Å². The number of anilines is 1. The third kappa shape index (κ3) is 5.90. The summed E-state index contributed by atoms with van der Waals surface area (Å²) in [6, 6.07) is 17.9. The van der Waals surface area contributed by atoms with Gasteiger partial charge in [0.15, 0.2) is 12.6 Å². The molecule has 1 fully saturated rings. The summed E-state index contributed by atoms with van der Waals surface area (Å²) in [5.74, 6) is 0.163. The molecule has 2 amide bonds. The molecule has 0 unspecified atom stereocenters. The first kappa shape index (κ1) is 22.0. The molecular formula is C24H34N4O2+2. The Hall–Kier alpha value is -2.70. The summed E-state index contributed by atoms with van der Waals surface area (Å²) < 4.78 is 0. The molecule has 0 bridgehead atoms. The lowest BCUT2D eigenvalue weighted by atomic mass is 10.0. The molecule has 1 saturated heterocycles. The monoisotopic (exact) mass is 410 g/mol. The minimum atomic E-state index is -0.135. The molecule has 0 aliphatic carbocycles. The Kier molecular flexibility index (Phi) is 7.99. The zero-order valence-corrected chi connectivity index (χ0v) is 18.0. The van der Waals surface area contributed by atoms with Gasteiger partial charge in [0.25, 0.3) is 11.8 Å². The number of carbonyl (C=O) groups is 2. The van der Waals surface area contributed by atoms with Gasteiger partial charge in [-0.2, -0.15) is 0 Å². The van der Waals surface area contributed by atoms with Crippen LogP contribution in [0.25, 0.3) is 11.1 Å². The van der Waals surface area contributed by atoms with Crippen LogP contribution in [0.15, 0.2) is 54.6 Å². The van der Waals surface area contributed by atoms with Gasteiger partial charge in [0.1, 0.15) is 26.2 Å². The summed E-state index contributed by atoms with van der Waals surface area (Å²) >= 11 is 0. The van der Waals surface area contributed by atoms with Crippen LogP contribution in [0.4, 0.5) is 5.69 Å². The van der Waals surface area contributed by atoms with Crippen molar-refractivity contribution >= 4 is 17.5 Å². The lowest BCUT2D eigenvalue weighted by molar-refractivity contribution is -1.01. The van der Waals surface area contributed by atoms with Crippen molar-refractivity contribution < 1.29 is 19.4 Å². The Morgan fingerprint density at radius 2 is 1.63 bits per heavy atom. The highest BCUT2D eigenvalue weighted by molar-refractivity contribution is 5.97. The number of nitrogens with one attached hydrogen (secondary N) is 4. The molecule has 1 atom stereocenters. The largest absolute Gasteiger partial charge is 0.351 e. The minimum Gasteiger partial charge on any atom is -0.351 e. The fourth-order valence-electron chi connectivity index (χ4n) is 3.98. The molecule has 1 aliphatic rings. The Bertz CT molecular complexity index is 832. The van der Waals surface area contributed by atoms with E-state index >= 15 is 0 Å². The van der Waals surface area contributed by atoms with Crippen LogP contribution in [0.5, 0.6) is 0 Å². The van der Waals surface area contributed by atoms with Crippen molar-refractivity contribution in [3.63, 3.8) is 0 Å². The maximum Gasteiger partial charge on any atom is 0.282 e. The molecule has 160 valence electrons. The molecule has 0 radical (unpaired) electrons. The fraction of sp³-hybridized carbons (Fsp3) is 0.417. The molecule has 0 spiro atoms. The third-order valence-corrected chi connectivity index (χ3v) is 5.86. The smallest absolute Gasteiger partial charge is 0.282 e. The highest BCUT2D eigenvalue weighted by atomic mass is 16.2. The molecule has 2 aromatic rings. The normalized spacial score (nSPS) is 19.7. The number of rotatable bonds is 8. The molecule has 2 aromatic carbocycles. The standard InChI is InChI=1S/C24H32N4O2/c1-3-13-25-23(29)18-27-14-16-28(17-15-27)19(2)24(30)26-22-12-8-7-11-21(22)20-9-5-4-6-10-20/h4-12,19H,3,13-18H2,1-2H3,(H,25,29)(H,26,30)/p+2/t19-/m0/s1. The van der Waals surface area contributed by atoms with Gasteiger partial charge in [-0.15, -0.1) is 0 Å². The SMILES string of the molecule is CCCNC(=O)C[NH+]1CC[NH+]([C@@H](C)C(=O)Nc2ccccc2-c2ccccc2)CC1. The third-order valence-electron chi connectivity index (χ3n) is 5.86. The van der Waals surface area contributed by atoms with Crippen LogP contribution in [0.1, 0.15) is 20.3 Å². The summed E-state index contributed by atoms with van der Waals surface area (Å²) in [6.45, 7) is 8.93. The van der Waals surface area contributed by atoms with E-state index in [9.17, 15) is 9.59 Å². The average Bonchev–Trinajstić information content (AvgIpc) is 2.78. The number of quaternary nitrogens is 2. The number of carbonyl (C=O) groups excluding carboxylic acids is 2. The van der Waals surface area contributed by atoms with E-state index in [1.165, 1.54) is 9.80 Å². The van der Waals surface area contributed by atoms with Gasteiger partial charge in [0.2, 0.25) is 0 Å². The first-order valence-electron chi connectivity index (χ1n) is 11.0. The predicted octanol–water partition coefficient (Wildman–Crippen LogP) is -0.00980. The van der Waals surface area contributed by atoms with E-state index < -0.39 is 0 Å². The van der Waals surface area contributed by atoms with Gasteiger partial charge in [-0.25, -0.2) is 0 Å². The van der Waals surface area contributed by atoms with Gasteiger partial charge < -0.3 is 20.4 Å². The van der Waals surface area contributed by atoms with Gasteiger partial charge in [0.05, 0.1) is 0 Å². The summed E-state index contributed by atoms with van der Waals surface area (Å²) in [6.07, 6.45) is 0.957. The van der Waals surface area contributed by atoms with Crippen LogP contribution in [0, 0.1) is 0 Å². The van der Waals surface area contributed by atoms with Gasteiger partial charge in [-0.05, 0) is 25.0 Å². The summed E-state index contributed by atoms with van der Waals surface area (Å²) in [4.78, 5) is 27.5.